The second-order valence-corrected chi connectivity index (χ2v) is 7.53. The molecule has 0 saturated heterocycles. The molecule has 2 N–H and O–H groups in total. The Balaban J connectivity index is 1.38. The van der Waals surface area contributed by atoms with Gasteiger partial charge in [0, 0.05) is 12.2 Å². The Morgan fingerprint density at radius 2 is 1.75 bits per heavy atom. The molecule has 4 bridgehead atoms. The van der Waals surface area contributed by atoms with Gasteiger partial charge in [0.15, 0.2) is 0 Å². The van der Waals surface area contributed by atoms with Crippen LogP contribution in [0.15, 0.2) is 24.4 Å². The van der Waals surface area contributed by atoms with Crippen molar-refractivity contribution < 1.29 is 0 Å². The number of hydrogen-bond donors (Lipinski definition) is 1. The number of aromatic nitrogens is 1. The highest BCUT2D eigenvalue weighted by Gasteiger charge is 2.47. The lowest BCUT2D eigenvalue weighted by atomic mass is 9.51. The Labute approximate surface area is 122 Å². The summed E-state index contributed by atoms with van der Waals surface area (Å²) in [5.74, 6) is 5.19. The van der Waals surface area contributed by atoms with Gasteiger partial charge in [-0.1, -0.05) is 6.07 Å². The summed E-state index contributed by atoms with van der Waals surface area (Å²) in [6, 6.07) is 6.22. The zero-order chi connectivity index (χ0) is 13.5. The van der Waals surface area contributed by atoms with Gasteiger partial charge in [0.1, 0.15) is 0 Å². The summed E-state index contributed by atoms with van der Waals surface area (Å²) in [5.41, 5.74) is 7.40. The van der Waals surface area contributed by atoms with Gasteiger partial charge >= 0.3 is 0 Å². The normalized spacial score (nSPS) is 40.0. The molecule has 0 radical (unpaired) electrons. The van der Waals surface area contributed by atoms with Crippen molar-refractivity contribution in [1.29, 1.82) is 0 Å². The Morgan fingerprint density at radius 3 is 2.35 bits per heavy atom. The maximum Gasteiger partial charge on any atom is 0.0570 e. The van der Waals surface area contributed by atoms with Crippen molar-refractivity contribution in [2.24, 2.45) is 35.3 Å². The zero-order valence-electron chi connectivity index (χ0n) is 12.2. The summed E-state index contributed by atoms with van der Waals surface area (Å²) in [5, 5.41) is 0. The lowest BCUT2D eigenvalue weighted by molar-refractivity contribution is -0.0408. The molecule has 1 aromatic heterocycles. The van der Waals surface area contributed by atoms with E-state index in [1.807, 2.05) is 18.3 Å². The molecule has 108 valence electrons. The third-order valence-electron chi connectivity index (χ3n) is 6.30. The van der Waals surface area contributed by atoms with Crippen molar-refractivity contribution in [3.8, 4) is 0 Å². The Bertz CT molecular complexity index is 428. The maximum absolute atomic E-state index is 6.34. The zero-order valence-corrected chi connectivity index (χ0v) is 12.2. The summed E-state index contributed by atoms with van der Waals surface area (Å²) >= 11 is 0. The number of pyridine rings is 1. The van der Waals surface area contributed by atoms with Gasteiger partial charge in [0.25, 0.3) is 0 Å². The number of nitrogens with two attached hydrogens (primary N) is 1. The second-order valence-electron chi connectivity index (χ2n) is 7.53. The van der Waals surface area contributed by atoms with Crippen LogP contribution in [0.3, 0.4) is 0 Å². The fraction of sp³-hybridized carbons (Fsp3) is 0.722. The first-order valence-corrected chi connectivity index (χ1v) is 8.46. The molecule has 0 amide bonds. The highest BCUT2D eigenvalue weighted by atomic mass is 14.8. The van der Waals surface area contributed by atoms with Crippen LogP contribution in [-0.2, 0) is 0 Å². The van der Waals surface area contributed by atoms with Gasteiger partial charge in [-0.3, -0.25) is 4.98 Å². The van der Waals surface area contributed by atoms with E-state index in [4.69, 9.17) is 5.73 Å². The highest BCUT2D eigenvalue weighted by Crippen LogP contribution is 2.57. The van der Waals surface area contributed by atoms with E-state index < -0.39 is 0 Å². The Morgan fingerprint density at radius 1 is 1.05 bits per heavy atom. The lowest BCUT2D eigenvalue weighted by Gasteiger charge is -2.54. The minimum Gasteiger partial charge on any atom is -0.323 e. The summed E-state index contributed by atoms with van der Waals surface area (Å²) in [4.78, 5) is 4.41. The van der Waals surface area contributed by atoms with E-state index in [2.05, 4.69) is 11.1 Å². The van der Waals surface area contributed by atoms with Gasteiger partial charge in [-0.15, -0.1) is 0 Å². The molecule has 1 unspecified atom stereocenters. The average molecular weight is 270 g/mol. The van der Waals surface area contributed by atoms with Crippen LogP contribution >= 0.6 is 0 Å². The summed E-state index contributed by atoms with van der Waals surface area (Å²) < 4.78 is 0. The molecule has 0 aromatic carbocycles. The van der Waals surface area contributed by atoms with Crippen LogP contribution in [0.4, 0.5) is 0 Å². The standard InChI is InChI=1S/C18H26N2/c19-17(18-3-1-2-6-20-18)5-4-16-14-8-12-7-13(10-14)11-15(16)9-12/h1-3,6,12-17H,4-5,7-11,19H2. The molecular weight excluding hydrogens is 244 g/mol. The summed E-state index contributed by atoms with van der Waals surface area (Å²) in [6.45, 7) is 0. The van der Waals surface area contributed by atoms with Crippen molar-refractivity contribution in [2.45, 2.75) is 51.0 Å². The van der Waals surface area contributed by atoms with E-state index in [0.717, 1.165) is 41.7 Å². The predicted molar refractivity (Wildman–Crippen MR) is 80.9 cm³/mol. The third kappa shape index (κ3) is 2.28. The van der Waals surface area contributed by atoms with Gasteiger partial charge in [0.05, 0.1) is 5.69 Å². The van der Waals surface area contributed by atoms with Crippen molar-refractivity contribution in [3.05, 3.63) is 30.1 Å². The van der Waals surface area contributed by atoms with E-state index in [0.29, 0.717) is 0 Å². The molecule has 1 aromatic rings. The van der Waals surface area contributed by atoms with E-state index in [1.165, 1.54) is 32.1 Å². The number of hydrogen-bond acceptors (Lipinski definition) is 2. The van der Waals surface area contributed by atoms with Crippen molar-refractivity contribution in [3.63, 3.8) is 0 Å². The van der Waals surface area contributed by atoms with Gasteiger partial charge < -0.3 is 5.73 Å². The van der Waals surface area contributed by atoms with Crippen LogP contribution in [0.25, 0.3) is 0 Å². The number of nitrogens with zero attached hydrogens (tertiary/aromatic N) is 1. The molecule has 1 heterocycles. The van der Waals surface area contributed by atoms with Crippen LogP contribution in [0.2, 0.25) is 0 Å². The quantitative estimate of drug-likeness (QED) is 0.900. The minimum absolute atomic E-state index is 0.133. The predicted octanol–water partition coefficient (Wildman–Crippen LogP) is 3.93. The first-order chi connectivity index (χ1) is 9.79. The maximum atomic E-state index is 6.34. The molecule has 20 heavy (non-hydrogen) atoms. The Hall–Kier alpha value is -0.890. The fourth-order valence-electron chi connectivity index (χ4n) is 5.62. The second kappa shape index (κ2) is 5.14. The van der Waals surface area contributed by atoms with E-state index >= 15 is 0 Å². The topological polar surface area (TPSA) is 38.9 Å². The van der Waals surface area contributed by atoms with Crippen LogP contribution in [0, 0.1) is 29.6 Å². The van der Waals surface area contributed by atoms with E-state index in [9.17, 15) is 0 Å². The molecule has 4 aliphatic rings. The molecule has 0 aliphatic heterocycles. The number of rotatable bonds is 4. The Kier molecular flexibility index (Phi) is 3.30. The van der Waals surface area contributed by atoms with Crippen molar-refractivity contribution >= 4 is 0 Å². The summed E-state index contributed by atoms with van der Waals surface area (Å²) in [7, 11) is 0. The smallest absolute Gasteiger partial charge is 0.0570 e. The molecule has 2 nitrogen and oxygen atoms in total. The van der Waals surface area contributed by atoms with E-state index in [-0.39, 0.29) is 6.04 Å². The van der Waals surface area contributed by atoms with Crippen LogP contribution < -0.4 is 5.73 Å². The third-order valence-corrected chi connectivity index (χ3v) is 6.30. The van der Waals surface area contributed by atoms with E-state index in [1.54, 1.807) is 6.42 Å². The van der Waals surface area contributed by atoms with Crippen LogP contribution in [-0.4, -0.2) is 4.98 Å². The van der Waals surface area contributed by atoms with Crippen LogP contribution in [0.1, 0.15) is 56.7 Å². The molecule has 4 saturated carbocycles. The van der Waals surface area contributed by atoms with Gasteiger partial charge in [0.2, 0.25) is 0 Å². The highest BCUT2D eigenvalue weighted by molar-refractivity contribution is 5.08. The molecule has 0 spiro atoms. The monoisotopic (exact) mass is 270 g/mol. The largest absolute Gasteiger partial charge is 0.323 e. The molecule has 5 rings (SSSR count). The lowest BCUT2D eigenvalue weighted by Crippen LogP contribution is -2.45. The molecule has 4 fully saturated rings. The van der Waals surface area contributed by atoms with Gasteiger partial charge in [-0.25, -0.2) is 0 Å². The molecule has 1 atom stereocenters. The average Bonchev–Trinajstić information content (AvgIpc) is 2.46. The van der Waals surface area contributed by atoms with Gasteiger partial charge in [-0.2, -0.15) is 0 Å². The fourth-order valence-corrected chi connectivity index (χ4v) is 5.62. The van der Waals surface area contributed by atoms with Crippen molar-refractivity contribution in [1.82, 2.24) is 4.98 Å². The minimum atomic E-state index is 0.133. The first-order valence-electron chi connectivity index (χ1n) is 8.46. The molecule has 2 heteroatoms. The SMILES string of the molecule is NC(CCC1C2CC3CC(C2)CC1C3)c1ccccn1. The van der Waals surface area contributed by atoms with Crippen molar-refractivity contribution in [2.75, 3.05) is 0 Å². The van der Waals surface area contributed by atoms with Crippen LogP contribution in [0.5, 0.6) is 0 Å². The summed E-state index contributed by atoms with van der Waals surface area (Å²) in [6.07, 6.45) is 11.9. The molecular formula is C18H26N2. The molecule has 4 aliphatic carbocycles. The first kappa shape index (κ1) is 12.8. The van der Waals surface area contributed by atoms with Gasteiger partial charge in [-0.05, 0) is 86.7 Å².